The number of hydrogen-bond acceptors (Lipinski definition) is 4. The highest BCUT2D eigenvalue weighted by Crippen LogP contribution is 2.05. The summed E-state index contributed by atoms with van der Waals surface area (Å²) in [5, 5.41) is 14.9. The maximum absolute atomic E-state index is 10.0. The predicted octanol–water partition coefficient (Wildman–Crippen LogP) is -0.398. The smallest absolute Gasteiger partial charge is 0.262 e. The summed E-state index contributed by atoms with van der Waals surface area (Å²) in [6.07, 6.45) is 2.86. The molecule has 1 unspecified atom stereocenters. The van der Waals surface area contributed by atoms with Crippen LogP contribution in [0.5, 0.6) is 0 Å². The van der Waals surface area contributed by atoms with E-state index in [4.69, 9.17) is 0 Å². The van der Waals surface area contributed by atoms with Crippen molar-refractivity contribution in [3.8, 4) is 0 Å². The molecule has 0 spiro atoms. The zero-order valence-corrected chi connectivity index (χ0v) is 4.81. The van der Waals surface area contributed by atoms with Gasteiger partial charge in [0.2, 0.25) is 0 Å². The molecule has 5 heteroatoms. The molecule has 0 bridgehead atoms. The van der Waals surface area contributed by atoms with E-state index >= 15 is 0 Å². The third-order valence-corrected chi connectivity index (χ3v) is 1.02. The number of nitro groups is 1. The van der Waals surface area contributed by atoms with Gasteiger partial charge in [-0.3, -0.25) is 10.1 Å². The lowest BCUT2D eigenvalue weighted by Crippen LogP contribution is -2.30. The molecule has 0 fully saturated rings. The zero-order valence-electron chi connectivity index (χ0n) is 4.81. The fraction of sp³-hybridized carbons (Fsp3) is 0.500. The van der Waals surface area contributed by atoms with E-state index in [1.54, 1.807) is 0 Å². The third-order valence-electron chi connectivity index (χ3n) is 1.02. The summed E-state index contributed by atoms with van der Waals surface area (Å²) < 4.78 is 0. The molecule has 5 nitrogen and oxygen atoms in total. The Morgan fingerprint density at radius 3 is 2.89 bits per heavy atom. The SMILES string of the molecule is CN1N=C[C]C1[N+](=O)[O-]. The molecule has 48 valence electrons. The Balaban J connectivity index is 2.55. The van der Waals surface area contributed by atoms with Crippen molar-refractivity contribution in [2.75, 3.05) is 7.05 Å². The largest absolute Gasteiger partial charge is 0.314 e. The number of rotatable bonds is 1. The number of nitrogens with zero attached hydrogens (tertiary/aromatic N) is 3. The first-order chi connectivity index (χ1) is 4.22. The van der Waals surface area contributed by atoms with Gasteiger partial charge >= 0.3 is 6.17 Å². The van der Waals surface area contributed by atoms with E-state index in [1.807, 2.05) is 0 Å². The Labute approximate surface area is 52.1 Å². The first-order valence-electron chi connectivity index (χ1n) is 2.36. The molecular weight excluding hydrogens is 122 g/mol. The highest BCUT2D eigenvalue weighted by molar-refractivity contribution is 5.70. The normalized spacial score (nSPS) is 25.0. The van der Waals surface area contributed by atoms with Gasteiger partial charge in [0.15, 0.2) is 0 Å². The van der Waals surface area contributed by atoms with Gasteiger partial charge < -0.3 is 0 Å². The van der Waals surface area contributed by atoms with Crippen LogP contribution in [0.15, 0.2) is 5.10 Å². The van der Waals surface area contributed by atoms with Crippen molar-refractivity contribution in [3.05, 3.63) is 16.5 Å². The molecule has 1 atom stereocenters. The lowest BCUT2D eigenvalue weighted by atomic mass is 10.4. The van der Waals surface area contributed by atoms with Crippen molar-refractivity contribution >= 4 is 6.21 Å². The van der Waals surface area contributed by atoms with Gasteiger partial charge in [-0.2, -0.15) is 5.10 Å². The van der Waals surface area contributed by atoms with Gasteiger partial charge in [0.25, 0.3) is 0 Å². The van der Waals surface area contributed by atoms with Crippen LogP contribution in [0, 0.1) is 16.5 Å². The Kier molecular flexibility index (Phi) is 1.33. The van der Waals surface area contributed by atoms with E-state index < -0.39 is 11.1 Å². The molecule has 0 saturated heterocycles. The summed E-state index contributed by atoms with van der Waals surface area (Å²) in [5.41, 5.74) is 0. The molecule has 9 heavy (non-hydrogen) atoms. The van der Waals surface area contributed by atoms with Crippen LogP contribution in [-0.2, 0) is 0 Å². The van der Waals surface area contributed by atoms with Crippen molar-refractivity contribution in [1.82, 2.24) is 5.01 Å². The topological polar surface area (TPSA) is 58.7 Å². The van der Waals surface area contributed by atoms with Crippen molar-refractivity contribution in [2.45, 2.75) is 6.17 Å². The first kappa shape index (κ1) is 6.00. The van der Waals surface area contributed by atoms with Gasteiger partial charge in [0.05, 0.1) is 0 Å². The average molecular weight is 127 g/mol. The summed E-state index contributed by atoms with van der Waals surface area (Å²) in [7, 11) is 1.53. The van der Waals surface area contributed by atoms with E-state index in [9.17, 15) is 10.1 Å². The minimum atomic E-state index is -0.884. The minimum Gasteiger partial charge on any atom is -0.262 e. The maximum Gasteiger partial charge on any atom is 0.314 e. The molecule has 2 radical (unpaired) electrons. The minimum absolute atomic E-state index is 0.451. The first-order valence-corrected chi connectivity index (χ1v) is 2.36. The van der Waals surface area contributed by atoms with Crippen LogP contribution in [0.4, 0.5) is 0 Å². The molecule has 1 aliphatic heterocycles. The van der Waals surface area contributed by atoms with E-state index in [0.717, 1.165) is 0 Å². The fourth-order valence-electron chi connectivity index (χ4n) is 0.559. The van der Waals surface area contributed by atoms with Crippen LogP contribution < -0.4 is 0 Å². The molecule has 0 aromatic heterocycles. The molecule has 0 amide bonds. The van der Waals surface area contributed by atoms with E-state index in [1.165, 1.54) is 18.3 Å². The monoisotopic (exact) mass is 127 g/mol. The summed E-state index contributed by atoms with van der Waals surface area (Å²) >= 11 is 0. The van der Waals surface area contributed by atoms with Crippen LogP contribution in [0.25, 0.3) is 0 Å². The Morgan fingerprint density at radius 1 is 2.00 bits per heavy atom. The third kappa shape index (κ3) is 0.984. The fourth-order valence-corrected chi connectivity index (χ4v) is 0.559. The second-order valence-electron chi connectivity index (χ2n) is 1.64. The van der Waals surface area contributed by atoms with Crippen molar-refractivity contribution in [2.24, 2.45) is 5.10 Å². The number of hydrogen-bond donors (Lipinski definition) is 0. The maximum atomic E-state index is 10.0. The highest BCUT2D eigenvalue weighted by atomic mass is 16.6. The van der Waals surface area contributed by atoms with E-state index in [2.05, 4.69) is 11.5 Å². The molecule has 1 aliphatic rings. The molecule has 1 heterocycles. The van der Waals surface area contributed by atoms with Gasteiger partial charge in [-0.1, -0.05) is 0 Å². The Bertz CT molecular complexity index is 156. The molecule has 0 saturated carbocycles. The van der Waals surface area contributed by atoms with E-state index in [-0.39, 0.29) is 0 Å². The second-order valence-corrected chi connectivity index (χ2v) is 1.64. The molecule has 0 aromatic rings. The molecule has 1 rings (SSSR count). The van der Waals surface area contributed by atoms with Crippen molar-refractivity contribution < 1.29 is 4.92 Å². The van der Waals surface area contributed by atoms with Crippen LogP contribution in [0.1, 0.15) is 0 Å². The van der Waals surface area contributed by atoms with Gasteiger partial charge in [-0.15, -0.1) is 0 Å². The molecule has 0 aromatic carbocycles. The number of hydrazone groups is 1. The summed E-state index contributed by atoms with van der Waals surface area (Å²) in [5.74, 6) is 0. The lowest BCUT2D eigenvalue weighted by molar-refractivity contribution is -0.536. The quantitative estimate of drug-likeness (QED) is 0.355. The molecular formula is C4H5N3O2. The van der Waals surface area contributed by atoms with Crippen molar-refractivity contribution in [3.63, 3.8) is 0 Å². The Morgan fingerprint density at radius 2 is 2.67 bits per heavy atom. The van der Waals surface area contributed by atoms with Crippen LogP contribution in [0.2, 0.25) is 0 Å². The highest BCUT2D eigenvalue weighted by Gasteiger charge is 2.28. The van der Waals surface area contributed by atoms with Gasteiger partial charge in [-0.25, -0.2) is 5.01 Å². The molecule has 0 N–H and O–H groups in total. The van der Waals surface area contributed by atoms with Crippen LogP contribution >= 0.6 is 0 Å². The van der Waals surface area contributed by atoms with E-state index in [0.29, 0.717) is 0 Å². The van der Waals surface area contributed by atoms with Gasteiger partial charge in [0, 0.05) is 18.2 Å². The predicted molar refractivity (Wildman–Crippen MR) is 30.3 cm³/mol. The Hall–Kier alpha value is -1.13. The second kappa shape index (κ2) is 2.00. The average Bonchev–Trinajstić information content (AvgIpc) is 2.13. The summed E-state index contributed by atoms with van der Waals surface area (Å²) in [6, 6.07) is 0. The van der Waals surface area contributed by atoms with Crippen molar-refractivity contribution in [1.29, 1.82) is 0 Å². The summed E-state index contributed by atoms with van der Waals surface area (Å²) in [4.78, 5) is 9.58. The van der Waals surface area contributed by atoms with Crippen LogP contribution in [-0.4, -0.2) is 29.4 Å². The standard InChI is InChI=1S/C4H5N3O2/c1-6-4(7(8)9)2-3-5-6/h3-4H,1H3. The summed E-state index contributed by atoms with van der Waals surface area (Å²) in [6.45, 7) is 0. The molecule has 0 aliphatic carbocycles. The lowest BCUT2D eigenvalue weighted by Gasteiger charge is -2.08. The zero-order chi connectivity index (χ0) is 6.85. The van der Waals surface area contributed by atoms with Crippen LogP contribution in [0.3, 0.4) is 0 Å². The van der Waals surface area contributed by atoms with Gasteiger partial charge in [-0.05, 0) is 0 Å². The van der Waals surface area contributed by atoms with Gasteiger partial charge in [0.1, 0.15) is 6.42 Å².